The van der Waals surface area contributed by atoms with E-state index >= 15 is 0 Å². The van der Waals surface area contributed by atoms with Gasteiger partial charge in [-0.15, -0.1) is 0 Å². The molecule has 6 rings (SSSR count). The minimum atomic E-state index is -0.480. The molecule has 2 fully saturated rings. The number of nitrogens with one attached hydrogen (secondary N) is 1. The van der Waals surface area contributed by atoms with Gasteiger partial charge in [0.25, 0.3) is 0 Å². The van der Waals surface area contributed by atoms with E-state index in [4.69, 9.17) is 0 Å². The summed E-state index contributed by atoms with van der Waals surface area (Å²) >= 11 is 0. The van der Waals surface area contributed by atoms with Crippen LogP contribution in [0, 0.1) is 22.7 Å². The van der Waals surface area contributed by atoms with Crippen LogP contribution in [0.1, 0.15) is 76.8 Å². The maximum atomic E-state index is 10.3. The highest BCUT2D eigenvalue weighted by Crippen LogP contribution is 2.57. The van der Waals surface area contributed by atoms with Crippen LogP contribution >= 0.6 is 0 Å². The number of hydrogen-bond donors (Lipinski definition) is 2. The van der Waals surface area contributed by atoms with Crippen LogP contribution in [0.4, 0.5) is 5.69 Å². The molecule has 2 N–H and O–H groups in total. The minimum absolute atomic E-state index is 0.270. The number of rotatable bonds is 5. The summed E-state index contributed by atoms with van der Waals surface area (Å²) in [6.07, 6.45) is 8.85. The number of anilines is 1. The Morgan fingerprint density at radius 1 is 1.08 bits per heavy atom. The average molecular weight is 495 g/mol. The Labute approximate surface area is 217 Å². The van der Waals surface area contributed by atoms with Crippen molar-refractivity contribution in [3.8, 4) is 17.3 Å². The fourth-order valence-corrected chi connectivity index (χ4v) is 6.35. The molecule has 3 aromatic rings. The number of nitrogens with zero attached hydrogens (tertiary/aromatic N) is 5. The highest BCUT2D eigenvalue weighted by atomic mass is 16.3. The lowest BCUT2D eigenvalue weighted by Gasteiger charge is -2.53. The van der Waals surface area contributed by atoms with Crippen LogP contribution in [0.2, 0.25) is 0 Å². The fourth-order valence-electron chi connectivity index (χ4n) is 6.35. The summed E-state index contributed by atoms with van der Waals surface area (Å²) in [5.74, 6) is 0.515. The predicted molar refractivity (Wildman–Crippen MR) is 147 cm³/mol. The number of nitriles is 1. The lowest BCUT2D eigenvalue weighted by molar-refractivity contribution is -0.0566. The van der Waals surface area contributed by atoms with Crippen molar-refractivity contribution in [1.82, 2.24) is 9.61 Å². The van der Waals surface area contributed by atoms with E-state index in [9.17, 15) is 10.4 Å². The molecule has 2 aliphatic carbocycles. The number of benzene rings is 1. The first-order chi connectivity index (χ1) is 17.7. The van der Waals surface area contributed by atoms with Gasteiger partial charge in [-0.1, -0.05) is 12.1 Å². The van der Waals surface area contributed by atoms with Crippen molar-refractivity contribution < 1.29 is 5.11 Å². The van der Waals surface area contributed by atoms with Gasteiger partial charge >= 0.3 is 0 Å². The molecule has 0 unspecified atom stereocenters. The van der Waals surface area contributed by atoms with Gasteiger partial charge in [-0.05, 0) is 89.0 Å². The molecule has 1 aliphatic heterocycles. The summed E-state index contributed by atoms with van der Waals surface area (Å²) in [6, 6.07) is 14.8. The summed E-state index contributed by atoms with van der Waals surface area (Å²) in [5, 5.41) is 37.0. The monoisotopic (exact) mass is 494 g/mol. The zero-order valence-electron chi connectivity index (χ0n) is 21.8. The molecule has 37 heavy (non-hydrogen) atoms. The molecule has 2 saturated carbocycles. The molecule has 0 radical (unpaired) electrons. The Morgan fingerprint density at radius 3 is 2.59 bits per heavy atom. The quantitative estimate of drug-likeness (QED) is 0.457. The second-order valence-corrected chi connectivity index (χ2v) is 11.9. The maximum absolute atomic E-state index is 10.3. The van der Waals surface area contributed by atoms with Gasteiger partial charge in [-0.3, -0.25) is 0 Å². The normalized spacial score (nSPS) is 27.2. The average Bonchev–Trinajstić information content (AvgIpc) is 3.49. The van der Waals surface area contributed by atoms with E-state index in [2.05, 4.69) is 58.7 Å². The predicted octanol–water partition coefficient (Wildman–Crippen LogP) is 5.96. The van der Waals surface area contributed by atoms with Gasteiger partial charge in [0, 0.05) is 40.9 Å². The van der Waals surface area contributed by atoms with Gasteiger partial charge in [0.05, 0.1) is 34.3 Å². The van der Waals surface area contributed by atoms with E-state index in [0.29, 0.717) is 16.9 Å². The van der Waals surface area contributed by atoms with E-state index in [0.717, 1.165) is 65.8 Å². The molecule has 0 amide bonds. The molecule has 7 heteroatoms. The Hall–Kier alpha value is -3.50. The third kappa shape index (κ3) is 4.44. The first kappa shape index (κ1) is 23.9. The van der Waals surface area contributed by atoms with Gasteiger partial charge in [0.15, 0.2) is 0 Å². The van der Waals surface area contributed by atoms with Gasteiger partial charge in [-0.25, -0.2) is 4.52 Å². The van der Waals surface area contributed by atoms with Crippen molar-refractivity contribution in [3.63, 3.8) is 0 Å². The summed E-state index contributed by atoms with van der Waals surface area (Å²) < 4.78 is 1.88. The first-order valence-electron chi connectivity index (χ1n) is 13.4. The van der Waals surface area contributed by atoms with Crippen LogP contribution in [-0.2, 0) is 0 Å². The maximum Gasteiger partial charge on any atom is 0.101 e. The van der Waals surface area contributed by atoms with Gasteiger partial charge in [-0.2, -0.15) is 20.6 Å². The molecule has 0 saturated heterocycles. The number of aromatic nitrogens is 2. The van der Waals surface area contributed by atoms with Crippen LogP contribution in [0.3, 0.4) is 0 Å². The third-order valence-electron chi connectivity index (χ3n) is 8.57. The van der Waals surface area contributed by atoms with Gasteiger partial charge in [0.1, 0.15) is 6.07 Å². The smallest absolute Gasteiger partial charge is 0.101 e. The topological polar surface area (TPSA) is 98.1 Å². The number of aliphatic hydroxyl groups is 1. The molecule has 3 aliphatic rings. The third-order valence-corrected chi connectivity index (χ3v) is 8.57. The molecule has 1 aromatic carbocycles. The highest BCUT2D eigenvalue weighted by molar-refractivity contribution is 6.18. The second-order valence-electron chi connectivity index (χ2n) is 11.9. The zero-order valence-corrected chi connectivity index (χ0v) is 21.8. The highest BCUT2D eigenvalue weighted by Gasteiger charge is 2.49. The van der Waals surface area contributed by atoms with Crippen molar-refractivity contribution in [2.75, 3.05) is 5.32 Å². The Bertz CT molecular complexity index is 1450. The molecule has 0 bridgehead atoms. The van der Waals surface area contributed by atoms with Crippen LogP contribution in [0.15, 0.2) is 52.8 Å². The van der Waals surface area contributed by atoms with E-state index < -0.39 is 5.60 Å². The summed E-state index contributed by atoms with van der Waals surface area (Å²) in [6.45, 7) is 6.26. The Morgan fingerprint density at radius 2 is 1.86 bits per heavy atom. The lowest BCUT2D eigenvalue weighted by atomic mass is 9.53. The van der Waals surface area contributed by atoms with Crippen LogP contribution in [-0.4, -0.2) is 37.8 Å². The molecular formula is C30H34N6O. The first-order valence-corrected chi connectivity index (χ1v) is 13.4. The van der Waals surface area contributed by atoms with E-state index in [-0.39, 0.29) is 6.04 Å². The summed E-state index contributed by atoms with van der Waals surface area (Å²) in [4.78, 5) is 0. The molecular weight excluding hydrogens is 460 g/mol. The summed E-state index contributed by atoms with van der Waals surface area (Å²) in [7, 11) is 0. The molecule has 3 heterocycles. The van der Waals surface area contributed by atoms with E-state index in [1.165, 1.54) is 18.6 Å². The molecule has 190 valence electrons. The largest absolute Gasteiger partial charge is 0.390 e. The lowest BCUT2D eigenvalue weighted by Crippen LogP contribution is -2.46. The van der Waals surface area contributed by atoms with E-state index in [1.54, 1.807) is 6.20 Å². The summed E-state index contributed by atoms with van der Waals surface area (Å²) in [5.41, 5.74) is 7.80. The van der Waals surface area contributed by atoms with Crippen LogP contribution < -0.4 is 5.32 Å². The van der Waals surface area contributed by atoms with Crippen LogP contribution in [0.25, 0.3) is 16.8 Å². The minimum Gasteiger partial charge on any atom is -0.390 e. The van der Waals surface area contributed by atoms with Crippen LogP contribution in [0.5, 0.6) is 0 Å². The van der Waals surface area contributed by atoms with Crippen molar-refractivity contribution >= 4 is 22.6 Å². The molecule has 1 spiro atoms. The molecule has 0 atom stereocenters. The Kier molecular flexibility index (Phi) is 5.68. The van der Waals surface area contributed by atoms with Crippen molar-refractivity contribution in [2.45, 2.75) is 77.4 Å². The molecule has 7 nitrogen and oxygen atoms in total. The molecule has 2 aromatic heterocycles. The number of hydrogen-bond acceptors (Lipinski definition) is 6. The Balaban J connectivity index is 1.20. The fraction of sp³-hybridized carbons (Fsp3) is 0.467. The second kappa shape index (κ2) is 8.81. The van der Waals surface area contributed by atoms with Gasteiger partial charge in [0.2, 0.25) is 0 Å². The standard InChI is InChI=1S/C30H34N6O/c1-19(2)33-26-13-21(28-7-5-23-12-20(17-31)18-32-36(23)28)4-6-24(26)27-14-25(34-35-27)22-15-30(16-22)10-8-29(3,37)9-11-30/h4-7,12-13,18-19,22,33,37H,8-11,14-16H2,1-3H3. The van der Waals surface area contributed by atoms with Gasteiger partial charge < -0.3 is 10.4 Å². The van der Waals surface area contributed by atoms with E-state index in [1.807, 2.05) is 29.6 Å². The van der Waals surface area contributed by atoms with Crippen molar-refractivity contribution in [3.05, 3.63) is 53.7 Å². The number of fused-ring (bicyclic) bond motifs is 1. The SMILES string of the molecule is CC(C)Nc1cc(-c2ccc3cc(C#N)cnn23)ccc1C1=NN=C(C2CC3(CCC(C)(O)CC3)C2)C1. The zero-order chi connectivity index (χ0) is 25.8. The van der Waals surface area contributed by atoms with Crippen molar-refractivity contribution in [1.29, 1.82) is 5.26 Å². The van der Waals surface area contributed by atoms with Crippen molar-refractivity contribution in [2.24, 2.45) is 21.5 Å².